The molecule has 0 radical (unpaired) electrons. The number of unbranched alkanes of at least 4 members (excludes halogenated alkanes) is 11. The number of nitrogens with two attached hydrogens (primary N) is 2. The molecule has 0 saturated carbocycles. The Bertz CT molecular complexity index is 369. The van der Waals surface area contributed by atoms with Crippen LogP contribution in [0, 0.1) is 0 Å². The summed E-state index contributed by atoms with van der Waals surface area (Å²) in [5.74, 6) is -0.131. The van der Waals surface area contributed by atoms with Crippen LogP contribution >= 0.6 is 12.4 Å². The van der Waals surface area contributed by atoms with Crippen LogP contribution in [-0.2, 0) is 0 Å². The Morgan fingerprint density at radius 2 is 1.24 bits per heavy atom. The van der Waals surface area contributed by atoms with Crippen molar-refractivity contribution in [1.82, 2.24) is 10.6 Å². The highest BCUT2D eigenvalue weighted by Crippen LogP contribution is 2.15. The molecule has 0 bridgehead atoms. The fourth-order valence-corrected chi connectivity index (χ4v) is 3.42. The van der Waals surface area contributed by atoms with Crippen LogP contribution in [0.15, 0.2) is 4.99 Å². The third kappa shape index (κ3) is 12.6. The molecule has 0 spiro atoms. The number of halogens is 1. The van der Waals surface area contributed by atoms with Crippen molar-refractivity contribution in [2.45, 2.75) is 116 Å². The Kier molecular flexibility index (Phi) is 12.7. The first kappa shape index (κ1) is 24.6. The van der Waals surface area contributed by atoms with Gasteiger partial charge in [-0.05, 0) is 20.3 Å². The predicted molar refractivity (Wildman–Crippen MR) is 112 cm³/mol. The molecule has 1 heterocycles. The van der Waals surface area contributed by atoms with Crippen molar-refractivity contribution >= 4 is 18.2 Å². The van der Waals surface area contributed by atoms with E-state index >= 15 is 0 Å². The van der Waals surface area contributed by atoms with Crippen LogP contribution in [0.25, 0.3) is 0 Å². The zero-order valence-corrected chi connectivity index (χ0v) is 17.5. The molecule has 1 aliphatic rings. The molecule has 1 aliphatic heterocycles. The molecule has 6 heteroatoms. The van der Waals surface area contributed by atoms with Gasteiger partial charge >= 0.3 is 0 Å². The first-order chi connectivity index (χ1) is 11.3. The van der Waals surface area contributed by atoms with E-state index < -0.39 is 11.6 Å². The zero-order chi connectivity index (χ0) is 17.9. The Morgan fingerprint density at radius 1 is 0.800 bits per heavy atom. The summed E-state index contributed by atoms with van der Waals surface area (Å²) in [4.78, 5) is 4.63. The number of nitrogens with one attached hydrogen (secondary N) is 2. The van der Waals surface area contributed by atoms with E-state index in [4.69, 9.17) is 11.5 Å². The van der Waals surface area contributed by atoms with Crippen molar-refractivity contribution in [2.24, 2.45) is 16.5 Å². The van der Waals surface area contributed by atoms with Crippen molar-refractivity contribution in [1.29, 1.82) is 0 Å². The van der Waals surface area contributed by atoms with Crippen LogP contribution in [0.5, 0.6) is 0 Å². The van der Waals surface area contributed by atoms with Crippen LogP contribution in [0.1, 0.15) is 104 Å². The molecule has 25 heavy (non-hydrogen) atoms. The highest BCUT2D eigenvalue weighted by molar-refractivity contribution is 5.85. The van der Waals surface area contributed by atoms with Gasteiger partial charge in [-0.1, -0.05) is 77.6 Å². The van der Waals surface area contributed by atoms with Crippen LogP contribution in [-0.4, -0.2) is 17.4 Å². The molecule has 6 N–H and O–H groups in total. The first-order valence-corrected chi connectivity index (χ1v) is 10.1. The number of hydrogen-bond acceptors (Lipinski definition) is 5. The summed E-state index contributed by atoms with van der Waals surface area (Å²) in [6, 6.07) is 0. The van der Waals surface area contributed by atoms with Gasteiger partial charge in [0.25, 0.3) is 0 Å². The molecule has 1 rings (SSSR count). The van der Waals surface area contributed by atoms with Crippen molar-refractivity contribution in [3.63, 3.8) is 0 Å². The van der Waals surface area contributed by atoms with Gasteiger partial charge in [0.15, 0.2) is 5.91 Å². The van der Waals surface area contributed by atoms with Crippen molar-refractivity contribution in [3.8, 4) is 0 Å². The van der Waals surface area contributed by atoms with E-state index in [1.165, 1.54) is 70.6 Å². The first-order valence-electron chi connectivity index (χ1n) is 10.1. The maximum atomic E-state index is 5.96. The maximum Gasteiger partial charge on any atom is 0.200 e. The Morgan fingerprint density at radius 3 is 1.68 bits per heavy atom. The van der Waals surface area contributed by atoms with Crippen molar-refractivity contribution in [3.05, 3.63) is 0 Å². The number of rotatable bonds is 13. The molecule has 0 unspecified atom stereocenters. The third-order valence-corrected chi connectivity index (χ3v) is 4.55. The largest absolute Gasteiger partial charge is 0.331 e. The van der Waals surface area contributed by atoms with E-state index in [-0.39, 0.29) is 12.4 Å². The highest BCUT2D eigenvalue weighted by atomic mass is 35.5. The number of nitrogens with zero attached hydrogens (tertiary/aromatic N) is 1. The van der Waals surface area contributed by atoms with Gasteiger partial charge in [-0.2, -0.15) is 0 Å². The van der Waals surface area contributed by atoms with Crippen LogP contribution in [0.3, 0.4) is 0 Å². The fraction of sp³-hybridized carbons (Fsp3) is 0.947. The normalized spacial score (nSPS) is 18.2. The van der Waals surface area contributed by atoms with Crippen molar-refractivity contribution in [2.75, 3.05) is 0 Å². The average Bonchev–Trinajstić information content (AvgIpc) is 2.45. The van der Waals surface area contributed by atoms with Crippen LogP contribution in [0.2, 0.25) is 0 Å². The summed E-state index contributed by atoms with van der Waals surface area (Å²) in [6.07, 6.45) is 17.3. The third-order valence-electron chi connectivity index (χ3n) is 4.55. The average molecular weight is 376 g/mol. The van der Waals surface area contributed by atoms with Gasteiger partial charge in [-0.25, -0.2) is 5.32 Å². The maximum absolute atomic E-state index is 5.96. The second-order valence-electron chi connectivity index (χ2n) is 7.88. The molecule has 5 nitrogen and oxygen atoms in total. The molecule has 0 saturated heterocycles. The second kappa shape index (κ2) is 12.9. The summed E-state index contributed by atoms with van der Waals surface area (Å²) in [7, 11) is 0. The predicted octanol–water partition coefficient (Wildman–Crippen LogP) is 4.36. The minimum absolute atomic E-state index is 0. The molecule has 0 fully saturated rings. The summed E-state index contributed by atoms with van der Waals surface area (Å²) >= 11 is 0. The van der Waals surface area contributed by atoms with Gasteiger partial charge in [0, 0.05) is 6.42 Å². The quantitative estimate of drug-likeness (QED) is 0.284. The number of amidine groups is 1. The topological polar surface area (TPSA) is 88.5 Å². The summed E-state index contributed by atoms with van der Waals surface area (Å²) < 4.78 is 0. The summed E-state index contributed by atoms with van der Waals surface area (Å²) in [6.45, 7) is 6.26. The molecule has 0 aromatic heterocycles. The lowest BCUT2D eigenvalue weighted by atomic mass is 10.0. The van der Waals surface area contributed by atoms with Crippen LogP contribution < -0.4 is 22.1 Å². The van der Waals surface area contributed by atoms with Gasteiger partial charge in [0.2, 0.25) is 0 Å². The Hall–Kier alpha value is -0.360. The minimum Gasteiger partial charge on any atom is -0.331 e. The number of aliphatic imine (C=N–C) groups is 1. The summed E-state index contributed by atoms with van der Waals surface area (Å²) in [5, 5.41) is 6.15. The van der Waals surface area contributed by atoms with E-state index in [0.29, 0.717) is 0 Å². The fourth-order valence-electron chi connectivity index (χ4n) is 3.42. The Balaban J connectivity index is 0.00000576. The smallest absolute Gasteiger partial charge is 0.200 e. The van der Waals surface area contributed by atoms with Crippen LogP contribution in [0.4, 0.5) is 0 Å². The lowest BCUT2D eigenvalue weighted by Crippen LogP contribution is -2.78. The number of hydrogen-bond donors (Lipinski definition) is 4. The second-order valence-corrected chi connectivity index (χ2v) is 7.88. The van der Waals surface area contributed by atoms with Gasteiger partial charge in [-0.15, -0.1) is 12.4 Å². The van der Waals surface area contributed by atoms with Gasteiger partial charge in [0.1, 0.15) is 11.5 Å². The molecule has 0 atom stereocenters. The van der Waals surface area contributed by atoms with Crippen molar-refractivity contribution < 1.29 is 0 Å². The molecular weight excluding hydrogens is 334 g/mol. The van der Waals surface area contributed by atoms with E-state index in [9.17, 15) is 0 Å². The van der Waals surface area contributed by atoms with E-state index in [0.717, 1.165) is 18.7 Å². The molecule has 0 aromatic carbocycles. The molecular formula is C19H42ClN5. The Labute approximate surface area is 161 Å². The summed E-state index contributed by atoms with van der Waals surface area (Å²) in [5.41, 5.74) is 11.5. The van der Waals surface area contributed by atoms with E-state index in [1.807, 2.05) is 13.8 Å². The van der Waals surface area contributed by atoms with Gasteiger partial charge < -0.3 is 5.32 Å². The standard InChI is InChI=1S/C19H41N5.ClH/c1-4-5-6-7-8-9-10-11-12-13-14-15-16-17-22-18(2,3)24-19(20,21)23-17;/h24H,4-16,20-21H2,1-3H3,(H,22,23);1H. The zero-order valence-electron chi connectivity index (χ0n) is 16.7. The molecule has 0 amide bonds. The van der Waals surface area contributed by atoms with Gasteiger partial charge in [-0.3, -0.25) is 16.5 Å². The SMILES string of the molecule is CCCCCCCCCCCCCCC1=NC(C)(C)NC(N)(N)N1.Cl. The highest BCUT2D eigenvalue weighted by Gasteiger charge is 2.33. The lowest BCUT2D eigenvalue weighted by molar-refractivity contribution is 0.208. The molecule has 0 aromatic rings. The minimum atomic E-state index is -1.06. The monoisotopic (exact) mass is 375 g/mol. The van der Waals surface area contributed by atoms with E-state index in [2.05, 4.69) is 22.5 Å². The van der Waals surface area contributed by atoms with Gasteiger partial charge in [0.05, 0.1) is 0 Å². The van der Waals surface area contributed by atoms with E-state index in [1.54, 1.807) is 0 Å². The lowest BCUT2D eigenvalue weighted by Gasteiger charge is -2.40. The molecule has 150 valence electrons. The molecule has 0 aliphatic carbocycles.